The molecule has 0 aliphatic carbocycles. The molecule has 0 saturated carbocycles. The fraction of sp³-hybridized carbons (Fsp3) is 0.455. The minimum Gasteiger partial charge on any atom is -0.492 e. The van der Waals surface area contributed by atoms with Crippen LogP contribution in [0.15, 0.2) is 29.2 Å². The van der Waals surface area contributed by atoms with Crippen LogP contribution in [0, 0.1) is 0 Å². The van der Waals surface area contributed by atoms with Crippen LogP contribution in [0.4, 0.5) is 0 Å². The van der Waals surface area contributed by atoms with Crippen molar-refractivity contribution in [3.8, 4) is 17.0 Å². The molecule has 166 valence electrons. The zero-order valence-electron chi connectivity index (χ0n) is 17.7. The third kappa shape index (κ3) is 3.79. The van der Waals surface area contributed by atoms with Gasteiger partial charge in [-0.05, 0) is 31.5 Å². The number of nitrogens with zero attached hydrogens (tertiary/aromatic N) is 2. The standard InChI is InChI=1S/C22H25ClN2O6/c1-22(2)12-30-11-18-14-8-20(31-6-4-5-29-3)16(23)7-13(14)17-9-19(26)15(21(27)28)10-24(17)25(18)22/h7-10,18H,4-6,11-12H2,1-3H3,(H,27,28). The van der Waals surface area contributed by atoms with E-state index in [1.54, 1.807) is 17.9 Å². The first-order valence-corrected chi connectivity index (χ1v) is 10.5. The molecule has 2 aliphatic rings. The van der Waals surface area contributed by atoms with E-state index in [0.29, 0.717) is 42.9 Å². The summed E-state index contributed by atoms with van der Waals surface area (Å²) in [7, 11) is 1.64. The topological polar surface area (TPSA) is 90.2 Å². The van der Waals surface area contributed by atoms with Crippen LogP contribution in [0.3, 0.4) is 0 Å². The number of aromatic nitrogens is 1. The van der Waals surface area contributed by atoms with Crippen molar-refractivity contribution in [2.24, 2.45) is 0 Å². The Labute approximate surface area is 184 Å². The van der Waals surface area contributed by atoms with Gasteiger partial charge in [0.25, 0.3) is 0 Å². The normalized spacial score (nSPS) is 18.7. The van der Waals surface area contributed by atoms with Gasteiger partial charge < -0.3 is 19.3 Å². The first kappa shape index (κ1) is 21.7. The number of halogens is 1. The minimum atomic E-state index is -1.26. The van der Waals surface area contributed by atoms with E-state index < -0.39 is 16.9 Å². The molecule has 2 aliphatic heterocycles. The summed E-state index contributed by atoms with van der Waals surface area (Å²) in [6.45, 7) is 5.95. The predicted octanol–water partition coefficient (Wildman–Crippen LogP) is 3.08. The van der Waals surface area contributed by atoms with Gasteiger partial charge in [-0.1, -0.05) is 11.6 Å². The highest BCUT2D eigenvalue weighted by Crippen LogP contribution is 2.45. The maximum absolute atomic E-state index is 12.5. The molecule has 0 amide bonds. The molecule has 0 spiro atoms. The number of methoxy groups -OCH3 is 1. The Morgan fingerprint density at radius 2 is 2.10 bits per heavy atom. The highest BCUT2D eigenvalue weighted by molar-refractivity contribution is 6.32. The van der Waals surface area contributed by atoms with Gasteiger partial charge in [-0.2, -0.15) is 0 Å². The van der Waals surface area contributed by atoms with Gasteiger partial charge in [-0.3, -0.25) is 14.5 Å². The Morgan fingerprint density at radius 1 is 1.32 bits per heavy atom. The summed E-state index contributed by atoms with van der Waals surface area (Å²) in [5, 5.41) is 12.0. The quantitative estimate of drug-likeness (QED) is 0.679. The van der Waals surface area contributed by atoms with Crippen LogP contribution < -0.4 is 15.2 Å². The molecule has 31 heavy (non-hydrogen) atoms. The average molecular weight is 449 g/mol. The predicted molar refractivity (Wildman–Crippen MR) is 116 cm³/mol. The molecule has 3 heterocycles. The van der Waals surface area contributed by atoms with Crippen LogP contribution in [0.25, 0.3) is 11.3 Å². The molecule has 1 N–H and O–H groups in total. The largest absolute Gasteiger partial charge is 0.492 e. The van der Waals surface area contributed by atoms with E-state index in [1.807, 2.05) is 19.9 Å². The number of aromatic carboxylic acids is 1. The summed E-state index contributed by atoms with van der Waals surface area (Å²) in [6.07, 6.45) is 2.12. The number of rotatable bonds is 6. The second-order valence-electron chi connectivity index (χ2n) is 8.34. The van der Waals surface area contributed by atoms with E-state index in [0.717, 1.165) is 17.5 Å². The van der Waals surface area contributed by atoms with Gasteiger partial charge in [0.1, 0.15) is 11.3 Å². The number of hydrogen-bond acceptors (Lipinski definition) is 6. The number of hydrogen-bond donors (Lipinski definition) is 1. The molecule has 8 nitrogen and oxygen atoms in total. The zero-order chi connectivity index (χ0) is 22.3. The SMILES string of the molecule is COCCCOc1cc2c(cc1Cl)-c1cc(=O)c(C(=O)O)cn1N1C2COCC1(C)C. The van der Waals surface area contributed by atoms with Gasteiger partial charge in [0.15, 0.2) is 5.43 Å². The number of morpholine rings is 1. The second-order valence-corrected chi connectivity index (χ2v) is 8.75. The van der Waals surface area contributed by atoms with Crippen LogP contribution in [0.2, 0.25) is 5.02 Å². The molecule has 0 radical (unpaired) electrons. The monoisotopic (exact) mass is 448 g/mol. The van der Waals surface area contributed by atoms with Crippen molar-refractivity contribution < 1.29 is 24.1 Å². The van der Waals surface area contributed by atoms with E-state index >= 15 is 0 Å². The van der Waals surface area contributed by atoms with Crippen molar-refractivity contribution >= 4 is 17.6 Å². The number of pyridine rings is 1. The summed E-state index contributed by atoms with van der Waals surface area (Å²) in [5.41, 5.74) is 0.984. The number of ether oxygens (including phenoxy) is 3. The van der Waals surface area contributed by atoms with Crippen molar-refractivity contribution in [1.82, 2.24) is 4.68 Å². The molecule has 1 fully saturated rings. The van der Waals surface area contributed by atoms with Crippen LogP contribution in [-0.4, -0.2) is 54.8 Å². The van der Waals surface area contributed by atoms with Gasteiger partial charge in [0, 0.05) is 38.0 Å². The van der Waals surface area contributed by atoms with Gasteiger partial charge in [-0.25, -0.2) is 4.79 Å². The summed E-state index contributed by atoms with van der Waals surface area (Å²) in [6, 6.07) is 4.83. The molecule has 1 aromatic carbocycles. The van der Waals surface area contributed by atoms with Crippen molar-refractivity contribution in [2.75, 3.05) is 38.5 Å². The summed E-state index contributed by atoms with van der Waals surface area (Å²) >= 11 is 6.51. The van der Waals surface area contributed by atoms with E-state index in [2.05, 4.69) is 5.01 Å². The number of carboxylic acids is 1. The maximum Gasteiger partial charge on any atom is 0.341 e. The van der Waals surface area contributed by atoms with E-state index in [1.165, 1.54) is 12.3 Å². The van der Waals surface area contributed by atoms with E-state index in [-0.39, 0.29) is 11.6 Å². The molecule has 2 aromatic rings. The number of benzene rings is 1. The molecule has 1 unspecified atom stereocenters. The molecule has 1 saturated heterocycles. The summed E-state index contributed by atoms with van der Waals surface area (Å²) < 4.78 is 18.6. The molecule has 4 rings (SSSR count). The van der Waals surface area contributed by atoms with Crippen molar-refractivity contribution in [2.45, 2.75) is 31.8 Å². The molecule has 0 bridgehead atoms. The molecular weight excluding hydrogens is 424 g/mol. The lowest BCUT2D eigenvalue weighted by Crippen LogP contribution is -2.61. The van der Waals surface area contributed by atoms with Crippen LogP contribution in [0.5, 0.6) is 5.75 Å². The first-order chi connectivity index (χ1) is 14.7. The lowest BCUT2D eigenvalue weighted by atomic mass is 9.90. The van der Waals surface area contributed by atoms with Crippen LogP contribution in [0.1, 0.15) is 42.2 Å². The fourth-order valence-corrected chi connectivity index (χ4v) is 4.49. The lowest BCUT2D eigenvalue weighted by Gasteiger charge is -2.53. The smallest absolute Gasteiger partial charge is 0.341 e. The van der Waals surface area contributed by atoms with Gasteiger partial charge in [0.05, 0.1) is 42.1 Å². The van der Waals surface area contributed by atoms with Crippen molar-refractivity contribution in [1.29, 1.82) is 0 Å². The third-order valence-corrected chi connectivity index (χ3v) is 5.93. The number of fused-ring (bicyclic) bond motifs is 6. The Kier molecular flexibility index (Phi) is 5.72. The maximum atomic E-state index is 12.5. The Bertz CT molecular complexity index is 1080. The number of carbonyl (C=O) groups is 1. The molecule has 1 aromatic heterocycles. The highest BCUT2D eigenvalue weighted by atomic mass is 35.5. The lowest BCUT2D eigenvalue weighted by molar-refractivity contribution is 0.0176. The molecule has 1 atom stereocenters. The molecular formula is C22H25ClN2O6. The van der Waals surface area contributed by atoms with Crippen molar-refractivity contribution in [3.05, 3.63) is 50.8 Å². The highest BCUT2D eigenvalue weighted by Gasteiger charge is 2.43. The average Bonchev–Trinajstić information content (AvgIpc) is 2.71. The molecule has 9 heteroatoms. The Morgan fingerprint density at radius 3 is 2.81 bits per heavy atom. The van der Waals surface area contributed by atoms with Gasteiger partial charge in [-0.15, -0.1) is 0 Å². The number of carboxylic acid groups (broad SMARTS) is 1. The Hall–Kier alpha value is -2.55. The fourth-order valence-electron chi connectivity index (χ4n) is 4.27. The van der Waals surface area contributed by atoms with Gasteiger partial charge >= 0.3 is 5.97 Å². The third-order valence-electron chi connectivity index (χ3n) is 5.63. The van der Waals surface area contributed by atoms with Crippen molar-refractivity contribution in [3.63, 3.8) is 0 Å². The van der Waals surface area contributed by atoms with Crippen LogP contribution >= 0.6 is 11.6 Å². The Balaban J connectivity index is 1.88. The summed E-state index contributed by atoms with van der Waals surface area (Å²) in [4.78, 5) is 24.1. The second kappa shape index (κ2) is 8.18. The minimum absolute atomic E-state index is 0.200. The zero-order valence-corrected chi connectivity index (χ0v) is 18.4. The summed E-state index contributed by atoms with van der Waals surface area (Å²) in [5.74, 6) is -0.704. The van der Waals surface area contributed by atoms with E-state index in [4.69, 9.17) is 25.8 Å². The van der Waals surface area contributed by atoms with E-state index in [9.17, 15) is 14.7 Å². The van der Waals surface area contributed by atoms with Gasteiger partial charge in [0.2, 0.25) is 0 Å². The van der Waals surface area contributed by atoms with Crippen LogP contribution in [-0.2, 0) is 9.47 Å². The first-order valence-electron chi connectivity index (χ1n) is 10.1.